The molecule has 2 aromatic rings. The quantitative estimate of drug-likeness (QED) is 0.869. The molecule has 0 spiro atoms. The minimum absolute atomic E-state index is 0.173. The predicted molar refractivity (Wildman–Crippen MR) is 105 cm³/mol. The highest BCUT2D eigenvalue weighted by Gasteiger charge is 2.28. The van der Waals surface area contributed by atoms with Gasteiger partial charge in [0.2, 0.25) is 10.0 Å². The minimum Gasteiger partial charge on any atom is -0.322 e. The van der Waals surface area contributed by atoms with Crippen molar-refractivity contribution in [3.63, 3.8) is 0 Å². The average molecular weight is 372 g/mol. The lowest BCUT2D eigenvalue weighted by atomic mass is 10.1. The van der Waals surface area contributed by atoms with Gasteiger partial charge in [-0.05, 0) is 55.2 Å². The fraction of sp³-hybridized carbons (Fsp3) is 0.350. The van der Waals surface area contributed by atoms with Gasteiger partial charge in [-0.15, -0.1) is 0 Å². The number of aryl methyl sites for hydroxylation is 2. The molecular formula is C20H24N2O3S. The van der Waals surface area contributed by atoms with Crippen molar-refractivity contribution in [3.05, 3.63) is 59.2 Å². The number of carbonyl (C=O) groups is 1. The molecule has 0 bridgehead atoms. The van der Waals surface area contributed by atoms with E-state index in [4.69, 9.17) is 0 Å². The van der Waals surface area contributed by atoms with E-state index >= 15 is 0 Å². The number of hydrogen-bond acceptors (Lipinski definition) is 3. The van der Waals surface area contributed by atoms with Gasteiger partial charge in [0.1, 0.15) is 0 Å². The van der Waals surface area contributed by atoms with Crippen LogP contribution in [0.5, 0.6) is 0 Å². The zero-order valence-corrected chi connectivity index (χ0v) is 16.0. The van der Waals surface area contributed by atoms with Crippen molar-refractivity contribution in [2.75, 3.05) is 21.9 Å². The van der Waals surface area contributed by atoms with Crippen molar-refractivity contribution in [3.8, 4) is 0 Å². The zero-order valence-electron chi connectivity index (χ0n) is 15.2. The summed E-state index contributed by atoms with van der Waals surface area (Å²) < 4.78 is 25.7. The first-order chi connectivity index (χ1) is 12.4. The average Bonchev–Trinajstić information content (AvgIpc) is 2.97. The number of rotatable bonds is 5. The molecule has 0 aliphatic carbocycles. The Kier molecular flexibility index (Phi) is 5.32. The molecule has 26 heavy (non-hydrogen) atoms. The van der Waals surface area contributed by atoms with Crippen LogP contribution in [0.2, 0.25) is 0 Å². The summed E-state index contributed by atoms with van der Waals surface area (Å²) in [6, 6.07) is 12.9. The van der Waals surface area contributed by atoms with Crippen LogP contribution in [0.4, 0.5) is 11.4 Å². The minimum atomic E-state index is -3.24. The monoisotopic (exact) mass is 372 g/mol. The Labute approximate surface area is 155 Å². The van der Waals surface area contributed by atoms with Gasteiger partial charge in [-0.2, -0.15) is 0 Å². The fourth-order valence-electron chi connectivity index (χ4n) is 3.14. The van der Waals surface area contributed by atoms with Crippen molar-refractivity contribution >= 4 is 27.3 Å². The molecule has 1 aliphatic heterocycles. The number of benzene rings is 2. The van der Waals surface area contributed by atoms with E-state index < -0.39 is 10.0 Å². The Morgan fingerprint density at radius 2 is 1.88 bits per heavy atom. The van der Waals surface area contributed by atoms with Gasteiger partial charge in [0, 0.05) is 17.8 Å². The molecule has 1 saturated heterocycles. The van der Waals surface area contributed by atoms with Crippen LogP contribution >= 0.6 is 0 Å². The molecule has 0 radical (unpaired) electrons. The van der Waals surface area contributed by atoms with Gasteiger partial charge in [-0.3, -0.25) is 9.10 Å². The molecule has 0 aromatic heterocycles. The smallest absolute Gasteiger partial charge is 0.255 e. The van der Waals surface area contributed by atoms with Crippen molar-refractivity contribution in [1.82, 2.24) is 0 Å². The van der Waals surface area contributed by atoms with Crippen molar-refractivity contribution in [2.24, 2.45) is 0 Å². The lowest BCUT2D eigenvalue weighted by Crippen LogP contribution is -2.25. The molecule has 2 aromatic carbocycles. The Hall–Kier alpha value is -2.34. The molecule has 5 nitrogen and oxygen atoms in total. The summed E-state index contributed by atoms with van der Waals surface area (Å²) in [5.74, 6) is -0.0234. The van der Waals surface area contributed by atoms with E-state index in [-0.39, 0.29) is 11.7 Å². The number of nitrogens with zero attached hydrogens (tertiary/aromatic N) is 1. The summed E-state index contributed by atoms with van der Waals surface area (Å²) in [7, 11) is -3.24. The van der Waals surface area contributed by atoms with Crippen LogP contribution in [0, 0.1) is 6.92 Å². The molecule has 3 rings (SSSR count). The normalized spacial score (nSPS) is 15.8. The molecular weight excluding hydrogens is 348 g/mol. The number of amides is 1. The van der Waals surface area contributed by atoms with Gasteiger partial charge < -0.3 is 5.32 Å². The van der Waals surface area contributed by atoms with E-state index in [1.807, 2.05) is 37.3 Å². The third-order valence-electron chi connectivity index (χ3n) is 4.61. The van der Waals surface area contributed by atoms with Crippen LogP contribution in [0.15, 0.2) is 42.5 Å². The standard InChI is InChI=1S/C20H24N2O3S/c1-3-5-16-7-9-17(10-8-16)20(23)21-19-14-18(11-6-15(19)2)22-12-4-13-26(22,24)25/h6-11,14H,3-5,12-13H2,1-2H3,(H,21,23). The second-order valence-corrected chi connectivity index (χ2v) is 8.65. The maximum Gasteiger partial charge on any atom is 0.255 e. The zero-order chi connectivity index (χ0) is 18.7. The number of anilines is 2. The van der Waals surface area contributed by atoms with Crippen molar-refractivity contribution in [1.29, 1.82) is 0 Å². The number of carbonyl (C=O) groups excluding carboxylic acids is 1. The van der Waals surface area contributed by atoms with Crippen LogP contribution < -0.4 is 9.62 Å². The van der Waals surface area contributed by atoms with Gasteiger partial charge >= 0.3 is 0 Å². The van der Waals surface area contributed by atoms with E-state index in [9.17, 15) is 13.2 Å². The fourth-order valence-corrected chi connectivity index (χ4v) is 4.69. The van der Waals surface area contributed by atoms with E-state index in [1.165, 1.54) is 9.87 Å². The summed E-state index contributed by atoms with van der Waals surface area (Å²) in [5, 5.41) is 2.91. The van der Waals surface area contributed by atoms with Crippen LogP contribution in [0.1, 0.15) is 41.3 Å². The molecule has 1 N–H and O–H groups in total. The topological polar surface area (TPSA) is 66.5 Å². The van der Waals surface area contributed by atoms with E-state index in [0.29, 0.717) is 29.9 Å². The first-order valence-corrected chi connectivity index (χ1v) is 10.5. The summed E-state index contributed by atoms with van der Waals surface area (Å²) in [4.78, 5) is 12.6. The number of sulfonamides is 1. The van der Waals surface area contributed by atoms with Gasteiger partial charge in [0.15, 0.2) is 0 Å². The first kappa shape index (κ1) is 18.5. The Balaban J connectivity index is 1.80. The SMILES string of the molecule is CCCc1ccc(C(=O)Nc2cc(N3CCCS3(=O)=O)ccc2C)cc1. The van der Waals surface area contributed by atoms with E-state index in [2.05, 4.69) is 12.2 Å². The van der Waals surface area contributed by atoms with Gasteiger partial charge in [-0.25, -0.2) is 8.42 Å². The number of hydrogen-bond donors (Lipinski definition) is 1. The summed E-state index contributed by atoms with van der Waals surface area (Å²) in [6.45, 7) is 4.50. The molecule has 1 fully saturated rings. The molecule has 0 atom stereocenters. The summed E-state index contributed by atoms with van der Waals surface area (Å²) in [6.07, 6.45) is 2.69. The summed E-state index contributed by atoms with van der Waals surface area (Å²) in [5.41, 5.74) is 3.92. The van der Waals surface area contributed by atoms with E-state index in [0.717, 1.165) is 18.4 Å². The first-order valence-electron chi connectivity index (χ1n) is 8.92. The van der Waals surface area contributed by atoms with Gasteiger partial charge in [-0.1, -0.05) is 31.5 Å². The highest BCUT2D eigenvalue weighted by molar-refractivity contribution is 7.93. The van der Waals surface area contributed by atoms with Crippen LogP contribution in [0.3, 0.4) is 0 Å². The Bertz CT molecular complexity index is 905. The van der Waals surface area contributed by atoms with Crippen LogP contribution in [0.25, 0.3) is 0 Å². The third kappa shape index (κ3) is 3.90. The highest BCUT2D eigenvalue weighted by atomic mass is 32.2. The third-order valence-corrected chi connectivity index (χ3v) is 6.48. The lowest BCUT2D eigenvalue weighted by Gasteiger charge is -2.19. The van der Waals surface area contributed by atoms with Crippen molar-refractivity contribution in [2.45, 2.75) is 33.1 Å². The van der Waals surface area contributed by atoms with Crippen LogP contribution in [-0.4, -0.2) is 26.6 Å². The second kappa shape index (κ2) is 7.50. The molecule has 1 heterocycles. The Morgan fingerprint density at radius 3 is 2.50 bits per heavy atom. The maximum atomic E-state index is 12.6. The maximum absolute atomic E-state index is 12.6. The van der Waals surface area contributed by atoms with Gasteiger partial charge in [0.25, 0.3) is 5.91 Å². The Morgan fingerprint density at radius 1 is 1.15 bits per heavy atom. The molecule has 0 saturated carbocycles. The molecule has 0 unspecified atom stereocenters. The molecule has 6 heteroatoms. The predicted octanol–water partition coefficient (Wildman–Crippen LogP) is 3.74. The summed E-state index contributed by atoms with van der Waals surface area (Å²) >= 11 is 0. The second-order valence-electron chi connectivity index (χ2n) is 6.64. The molecule has 1 aliphatic rings. The van der Waals surface area contributed by atoms with E-state index in [1.54, 1.807) is 12.1 Å². The molecule has 1 amide bonds. The largest absolute Gasteiger partial charge is 0.322 e. The lowest BCUT2D eigenvalue weighted by molar-refractivity contribution is 0.102. The van der Waals surface area contributed by atoms with Crippen LogP contribution in [-0.2, 0) is 16.4 Å². The highest BCUT2D eigenvalue weighted by Crippen LogP contribution is 2.28. The van der Waals surface area contributed by atoms with Gasteiger partial charge in [0.05, 0.1) is 11.4 Å². The number of nitrogens with one attached hydrogen (secondary N) is 1. The van der Waals surface area contributed by atoms with Crippen molar-refractivity contribution < 1.29 is 13.2 Å². The molecule has 138 valence electrons.